The molecular weight excluding hydrogens is 291 g/mol. The highest BCUT2D eigenvalue weighted by Gasteiger charge is 2.07. The van der Waals surface area contributed by atoms with Crippen LogP contribution in [-0.4, -0.2) is 38.1 Å². The first-order chi connectivity index (χ1) is 8.13. The molecule has 0 aromatic heterocycles. The minimum atomic E-state index is -0.593. The molecule has 0 radical (unpaired) electrons. The van der Waals surface area contributed by atoms with Gasteiger partial charge in [0.25, 0.3) is 0 Å². The number of halogens is 2. The number of rotatable bonds is 7. The first-order valence-corrected chi connectivity index (χ1v) is 6.11. The van der Waals surface area contributed by atoms with Crippen LogP contribution in [0.5, 0.6) is 0 Å². The van der Waals surface area contributed by atoms with Gasteiger partial charge in [-0.2, -0.15) is 0 Å². The predicted molar refractivity (Wildman–Crippen MR) is 66.5 cm³/mol. The minimum absolute atomic E-state index is 0.248. The molecule has 1 unspecified atom stereocenters. The molecule has 1 N–H and O–H groups in total. The van der Waals surface area contributed by atoms with Crippen LogP contribution < -0.4 is 0 Å². The second kappa shape index (κ2) is 7.76. The largest absolute Gasteiger partial charge is 0.390 e. The molecule has 1 aromatic carbocycles. The average Bonchev–Trinajstić information content (AvgIpc) is 2.30. The van der Waals surface area contributed by atoms with Crippen LogP contribution in [-0.2, 0) is 15.9 Å². The van der Waals surface area contributed by atoms with Crippen molar-refractivity contribution < 1.29 is 19.0 Å². The maximum atomic E-state index is 13.0. The van der Waals surface area contributed by atoms with Crippen LogP contribution in [0.3, 0.4) is 0 Å². The smallest absolute Gasteiger partial charge is 0.137 e. The van der Waals surface area contributed by atoms with Gasteiger partial charge in [-0.05, 0) is 33.6 Å². The minimum Gasteiger partial charge on any atom is -0.390 e. The van der Waals surface area contributed by atoms with Crippen LogP contribution in [0.4, 0.5) is 4.39 Å². The van der Waals surface area contributed by atoms with Crippen molar-refractivity contribution in [3.05, 3.63) is 34.1 Å². The maximum Gasteiger partial charge on any atom is 0.137 e. The Morgan fingerprint density at radius 2 is 2.18 bits per heavy atom. The van der Waals surface area contributed by atoms with Crippen molar-refractivity contribution in [2.45, 2.75) is 12.5 Å². The van der Waals surface area contributed by atoms with Crippen LogP contribution in [0.1, 0.15) is 5.56 Å². The van der Waals surface area contributed by atoms with Crippen molar-refractivity contribution >= 4 is 15.9 Å². The number of aliphatic hydroxyl groups excluding tert-OH is 1. The number of aliphatic hydroxyl groups is 1. The lowest BCUT2D eigenvalue weighted by Gasteiger charge is -2.11. The van der Waals surface area contributed by atoms with E-state index in [0.29, 0.717) is 24.1 Å². The van der Waals surface area contributed by atoms with E-state index >= 15 is 0 Å². The second-order valence-corrected chi connectivity index (χ2v) is 4.53. The molecule has 0 saturated heterocycles. The van der Waals surface area contributed by atoms with Crippen LogP contribution in [0.15, 0.2) is 22.7 Å². The Kier molecular flexibility index (Phi) is 6.65. The van der Waals surface area contributed by atoms with Gasteiger partial charge in [0.1, 0.15) is 5.82 Å². The van der Waals surface area contributed by atoms with E-state index in [1.54, 1.807) is 19.2 Å². The van der Waals surface area contributed by atoms with Crippen molar-refractivity contribution in [1.82, 2.24) is 0 Å². The zero-order valence-corrected chi connectivity index (χ0v) is 11.2. The molecule has 1 aromatic rings. The van der Waals surface area contributed by atoms with Crippen molar-refractivity contribution in [3.63, 3.8) is 0 Å². The van der Waals surface area contributed by atoms with E-state index in [2.05, 4.69) is 15.9 Å². The van der Waals surface area contributed by atoms with Crippen LogP contribution in [0.2, 0.25) is 0 Å². The van der Waals surface area contributed by atoms with Gasteiger partial charge in [0.2, 0.25) is 0 Å². The summed E-state index contributed by atoms with van der Waals surface area (Å²) in [5.41, 5.74) is 0.862. The number of benzene rings is 1. The van der Waals surface area contributed by atoms with Crippen LogP contribution in [0.25, 0.3) is 0 Å². The molecule has 1 atom stereocenters. The molecule has 0 aliphatic carbocycles. The Morgan fingerprint density at radius 1 is 1.41 bits per heavy atom. The monoisotopic (exact) mass is 306 g/mol. The molecule has 96 valence electrons. The molecule has 0 bridgehead atoms. The Morgan fingerprint density at radius 3 is 2.82 bits per heavy atom. The van der Waals surface area contributed by atoms with E-state index in [0.717, 1.165) is 5.56 Å². The molecule has 0 saturated carbocycles. The number of hydrogen-bond donors (Lipinski definition) is 1. The molecule has 0 fully saturated rings. The summed E-state index contributed by atoms with van der Waals surface area (Å²) in [7, 11) is 1.59. The molecule has 5 heteroatoms. The van der Waals surface area contributed by atoms with Gasteiger partial charge in [-0.25, -0.2) is 4.39 Å². The zero-order chi connectivity index (χ0) is 12.7. The molecule has 17 heavy (non-hydrogen) atoms. The summed E-state index contributed by atoms with van der Waals surface area (Å²) in [4.78, 5) is 0. The lowest BCUT2D eigenvalue weighted by molar-refractivity contribution is 0.0137. The fraction of sp³-hybridized carbons (Fsp3) is 0.500. The molecule has 1 rings (SSSR count). The molecule has 0 aliphatic heterocycles. The van der Waals surface area contributed by atoms with Crippen molar-refractivity contribution in [2.24, 2.45) is 0 Å². The van der Waals surface area contributed by atoms with Crippen molar-refractivity contribution in [2.75, 3.05) is 26.9 Å². The van der Waals surface area contributed by atoms with E-state index in [1.165, 1.54) is 6.07 Å². The third kappa shape index (κ3) is 5.59. The van der Waals surface area contributed by atoms with Gasteiger partial charge in [0.05, 0.1) is 30.4 Å². The van der Waals surface area contributed by atoms with E-state index in [9.17, 15) is 9.50 Å². The predicted octanol–water partition coefficient (Wildman–Crippen LogP) is 2.15. The Labute approximate surface area is 109 Å². The summed E-state index contributed by atoms with van der Waals surface area (Å²) in [5, 5.41) is 9.69. The summed E-state index contributed by atoms with van der Waals surface area (Å²) in [6.07, 6.45) is -0.157. The molecule has 0 amide bonds. The van der Waals surface area contributed by atoms with Crippen LogP contribution in [0, 0.1) is 5.82 Å². The zero-order valence-electron chi connectivity index (χ0n) is 9.66. The fourth-order valence-electron chi connectivity index (χ4n) is 1.36. The molecule has 0 aliphatic rings. The van der Waals surface area contributed by atoms with Gasteiger partial charge in [-0.15, -0.1) is 0 Å². The third-order valence-corrected chi connectivity index (χ3v) is 2.81. The maximum absolute atomic E-state index is 13.0. The number of methoxy groups -OCH3 is 1. The lowest BCUT2D eigenvalue weighted by atomic mass is 10.1. The van der Waals surface area contributed by atoms with Gasteiger partial charge in [-0.1, -0.05) is 6.07 Å². The van der Waals surface area contributed by atoms with Gasteiger partial charge in [-0.3, -0.25) is 0 Å². The summed E-state index contributed by atoms with van der Waals surface area (Å²) in [6.45, 7) is 1.22. The van der Waals surface area contributed by atoms with Gasteiger partial charge < -0.3 is 14.6 Å². The highest BCUT2D eigenvalue weighted by molar-refractivity contribution is 9.10. The fourth-order valence-corrected chi connectivity index (χ4v) is 1.79. The summed E-state index contributed by atoms with van der Waals surface area (Å²) in [6, 6.07) is 4.68. The molecule has 3 nitrogen and oxygen atoms in total. The highest BCUT2D eigenvalue weighted by Crippen LogP contribution is 2.17. The number of hydrogen-bond acceptors (Lipinski definition) is 3. The van der Waals surface area contributed by atoms with Crippen molar-refractivity contribution in [3.8, 4) is 0 Å². The normalized spacial score (nSPS) is 12.7. The summed E-state index contributed by atoms with van der Waals surface area (Å²) in [5.74, 6) is -0.306. The SMILES string of the molecule is COCCOCC(O)Cc1ccc(F)c(Br)c1. The van der Waals surface area contributed by atoms with E-state index < -0.39 is 6.10 Å². The highest BCUT2D eigenvalue weighted by atomic mass is 79.9. The molecular formula is C12H16BrFO3. The quantitative estimate of drug-likeness (QED) is 0.785. The standard InChI is InChI=1S/C12H16BrFO3/c1-16-4-5-17-8-10(15)6-9-2-3-12(14)11(13)7-9/h2-3,7,10,15H,4-6,8H2,1H3. The lowest BCUT2D eigenvalue weighted by Crippen LogP contribution is -2.19. The third-order valence-electron chi connectivity index (χ3n) is 2.20. The van der Waals surface area contributed by atoms with E-state index in [1.807, 2.05) is 0 Å². The van der Waals surface area contributed by atoms with Crippen molar-refractivity contribution in [1.29, 1.82) is 0 Å². The first-order valence-electron chi connectivity index (χ1n) is 5.32. The first kappa shape index (κ1) is 14.6. The van der Waals surface area contributed by atoms with Gasteiger partial charge >= 0.3 is 0 Å². The van der Waals surface area contributed by atoms with Gasteiger partial charge in [0, 0.05) is 13.5 Å². The molecule has 0 heterocycles. The van der Waals surface area contributed by atoms with Crippen LogP contribution >= 0.6 is 15.9 Å². The Balaban J connectivity index is 2.34. The topological polar surface area (TPSA) is 38.7 Å². The average molecular weight is 307 g/mol. The molecule has 0 spiro atoms. The van der Waals surface area contributed by atoms with E-state index in [-0.39, 0.29) is 12.4 Å². The number of ether oxygens (including phenoxy) is 2. The second-order valence-electron chi connectivity index (χ2n) is 3.67. The summed E-state index contributed by atoms with van der Waals surface area (Å²) >= 11 is 3.10. The summed E-state index contributed by atoms with van der Waals surface area (Å²) < 4.78 is 23.4. The Bertz CT molecular complexity index is 347. The van der Waals surface area contributed by atoms with E-state index in [4.69, 9.17) is 9.47 Å². The Hall–Kier alpha value is -0.490. The van der Waals surface area contributed by atoms with Gasteiger partial charge in [0.15, 0.2) is 0 Å².